The second-order valence-electron chi connectivity index (χ2n) is 6.00. The fourth-order valence-electron chi connectivity index (χ4n) is 2.46. The molecule has 0 heterocycles. The van der Waals surface area contributed by atoms with E-state index in [1.54, 1.807) is 11.8 Å². The summed E-state index contributed by atoms with van der Waals surface area (Å²) in [6, 6.07) is 13.7. The largest absolute Gasteiger partial charge is 0.326 e. The number of nitrogens with one attached hydrogen (secondary N) is 2. The number of aryl methyl sites for hydroxylation is 2. The normalized spacial score (nSPS) is 10.4. The zero-order valence-corrected chi connectivity index (χ0v) is 17.9. The third kappa shape index (κ3) is 6.64. The van der Waals surface area contributed by atoms with E-state index in [2.05, 4.69) is 33.2 Å². The van der Waals surface area contributed by atoms with Crippen LogP contribution >= 0.6 is 34.4 Å². The summed E-state index contributed by atoms with van der Waals surface area (Å²) in [6.07, 6.45) is 1.20. The fourth-order valence-corrected chi connectivity index (χ4v) is 3.73. The van der Waals surface area contributed by atoms with E-state index >= 15 is 0 Å². The van der Waals surface area contributed by atoms with Gasteiger partial charge in [-0.25, -0.2) is 0 Å². The molecule has 0 fully saturated rings. The lowest BCUT2D eigenvalue weighted by atomic mass is 10.1. The van der Waals surface area contributed by atoms with Gasteiger partial charge in [-0.3, -0.25) is 9.59 Å². The Hall–Kier alpha value is -1.54. The van der Waals surface area contributed by atoms with Crippen molar-refractivity contribution in [2.24, 2.45) is 0 Å². The highest BCUT2D eigenvalue weighted by molar-refractivity contribution is 14.1. The number of benzene rings is 2. The summed E-state index contributed by atoms with van der Waals surface area (Å²) in [5, 5.41) is 5.90. The number of para-hydroxylation sites is 2. The number of carbonyl (C=O) groups is 2. The summed E-state index contributed by atoms with van der Waals surface area (Å²) in [6.45, 7) is 3.98. The lowest BCUT2D eigenvalue weighted by Gasteiger charge is -2.11. The average Bonchev–Trinajstić information content (AvgIpc) is 2.60. The predicted molar refractivity (Wildman–Crippen MR) is 119 cm³/mol. The first kappa shape index (κ1) is 20.8. The summed E-state index contributed by atoms with van der Waals surface area (Å²) in [5.74, 6) is 1.17. The lowest BCUT2D eigenvalue weighted by Crippen LogP contribution is -2.16. The van der Waals surface area contributed by atoms with Gasteiger partial charge in [0.25, 0.3) is 0 Å². The Morgan fingerprint density at radius 2 is 1.65 bits per heavy atom. The molecule has 0 spiro atoms. The van der Waals surface area contributed by atoms with Gasteiger partial charge in [-0.2, -0.15) is 11.8 Å². The molecule has 26 heavy (non-hydrogen) atoms. The third-order valence-electron chi connectivity index (χ3n) is 3.82. The van der Waals surface area contributed by atoms with Crippen molar-refractivity contribution in [2.45, 2.75) is 26.7 Å². The van der Waals surface area contributed by atoms with Crippen LogP contribution in [-0.2, 0) is 9.59 Å². The van der Waals surface area contributed by atoms with Crippen LogP contribution in [0.3, 0.4) is 0 Å². The van der Waals surface area contributed by atoms with E-state index in [9.17, 15) is 9.59 Å². The second-order valence-corrected chi connectivity index (χ2v) is 8.27. The molecule has 0 aliphatic carbocycles. The molecule has 2 rings (SSSR count). The van der Waals surface area contributed by atoms with Crippen LogP contribution in [0.25, 0.3) is 0 Å². The minimum atomic E-state index is -0.0147. The summed E-state index contributed by atoms with van der Waals surface area (Å²) < 4.78 is 1.02. The summed E-state index contributed by atoms with van der Waals surface area (Å²) >= 11 is 3.75. The predicted octanol–water partition coefficient (Wildman–Crippen LogP) is 5.00. The van der Waals surface area contributed by atoms with Gasteiger partial charge in [0.1, 0.15) is 0 Å². The Morgan fingerprint density at radius 1 is 0.962 bits per heavy atom. The smallest absolute Gasteiger partial charge is 0.234 e. The Bertz CT molecular complexity index is 760. The molecule has 2 amide bonds. The van der Waals surface area contributed by atoms with Crippen molar-refractivity contribution in [1.82, 2.24) is 0 Å². The molecule has 4 nitrogen and oxygen atoms in total. The van der Waals surface area contributed by atoms with E-state index in [0.717, 1.165) is 38.2 Å². The van der Waals surface area contributed by atoms with E-state index in [0.29, 0.717) is 12.2 Å². The quantitative estimate of drug-likeness (QED) is 0.412. The molecule has 0 saturated heterocycles. The maximum atomic E-state index is 12.1. The lowest BCUT2D eigenvalue weighted by molar-refractivity contribution is -0.116. The Labute approximate surface area is 172 Å². The van der Waals surface area contributed by atoms with Crippen LogP contribution < -0.4 is 10.6 Å². The summed E-state index contributed by atoms with van der Waals surface area (Å²) in [4.78, 5) is 24.1. The molecular formula is C20H23IN2O2S. The topological polar surface area (TPSA) is 58.2 Å². The average molecular weight is 482 g/mol. The van der Waals surface area contributed by atoms with Gasteiger partial charge in [-0.15, -0.1) is 0 Å². The zero-order chi connectivity index (χ0) is 18.9. The third-order valence-corrected chi connectivity index (χ3v) is 5.80. The molecule has 0 unspecified atom stereocenters. The Morgan fingerprint density at radius 3 is 2.35 bits per heavy atom. The maximum Gasteiger partial charge on any atom is 0.234 e. The molecule has 0 atom stereocenters. The number of hydrogen-bond donors (Lipinski definition) is 2. The molecule has 0 radical (unpaired) electrons. The number of halogens is 1. The van der Waals surface area contributed by atoms with Crippen molar-refractivity contribution >= 4 is 57.5 Å². The number of rotatable bonds is 8. The van der Waals surface area contributed by atoms with Crippen LogP contribution in [0.15, 0.2) is 42.5 Å². The minimum Gasteiger partial charge on any atom is -0.326 e. The van der Waals surface area contributed by atoms with E-state index in [4.69, 9.17) is 0 Å². The number of hydrogen-bond acceptors (Lipinski definition) is 3. The van der Waals surface area contributed by atoms with Gasteiger partial charge in [0, 0.05) is 15.7 Å². The molecule has 2 aromatic carbocycles. The van der Waals surface area contributed by atoms with Gasteiger partial charge in [0.15, 0.2) is 0 Å². The van der Waals surface area contributed by atoms with E-state index in [1.165, 1.54) is 0 Å². The van der Waals surface area contributed by atoms with E-state index in [-0.39, 0.29) is 11.8 Å². The molecule has 2 N–H and O–H groups in total. The second kappa shape index (κ2) is 10.6. The van der Waals surface area contributed by atoms with Crippen LogP contribution in [0.5, 0.6) is 0 Å². The van der Waals surface area contributed by atoms with Crippen molar-refractivity contribution in [3.8, 4) is 0 Å². The highest BCUT2D eigenvalue weighted by Crippen LogP contribution is 2.20. The van der Waals surface area contributed by atoms with Crippen molar-refractivity contribution in [3.63, 3.8) is 0 Å². The van der Waals surface area contributed by atoms with Crippen LogP contribution in [0, 0.1) is 17.4 Å². The molecule has 0 aliphatic heterocycles. The molecule has 0 aromatic heterocycles. The first-order valence-corrected chi connectivity index (χ1v) is 10.7. The van der Waals surface area contributed by atoms with E-state index in [1.807, 2.05) is 56.3 Å². The van der Waals surface area contributed by atoms with Crippen molar-refractivity contribution in [3.05, 3.63) is 57.2 Å². The van der Waals surface area contributed by atoms with Gasteiger partial charge < -0.3 is 10.6 Å². The van der Waals surface area contributed by atoms with Crippen molar-refractivity contribution in [2.75, 3.05) is 22.1 Å². The number of anilines is 2. The van der Waals surface area contributed by atoms with E-state index < -0.39 is 0 Å². The summed E-state index contributed by atoms with van der Waals surface area (Å²) in [5.41, 5.74) is 3.88. The zero-order valence-electron chi connectivity index (χ0n) is 15.0. The summed E-state index contributed by atoms with van der Waals surface area (Å²) in [7, 11) is 0. The molecule has 0 aliphatic rings. The van der Waals surface area contributed by atoms with Crippen LogP contribution in [-0.4, -0.2) is 23.3 Å². The molecular weight excluding hydrogens is 459 g/mol. The number of amides is 2. The van der Waals surface area contributed by atoms with Gasteiger partial charge in [-0.1, -0.05) is 30.3 Å². The van der Waals surface area contributed by atoms with Gasteiger partial charge in [-0.05, 0) is 71.9 Å². The monoisotopic (exact) mass is 482 g/mol. The Kier molecular flexibility index (Phi) is 8.44. The maximum absolute atomic E-state index is 12.1. The van der Waals surface area contributed by atoms with Crippen LogP contribution in [0.2, 0.25) is 0 Å². The SMILES string of the molecule is Cc1cccc(C)c1NC(=O)CCCSCC(=O)Nc1ccccc1I. The molecule has 138 valence electrons. The van der Waals surface area contributed by atoms with Crippen LogP contribution in [0.4, 0.5) is 11.4 Å². The molecule has 2 aromatic rings. The molecule has 6 heteroatoms. The number of carbonyl (C=O) groups excluding carboxylic acids is 2. The van der Waals surface area contributed by atoms with Gasteiger partial charge in [0.2, 0.25) is 11.8 Å². The minimum absolute atomic E-state index is 0.0147. The highest BCUT2D eigenvalue weighted by Gasteiger charge is 2.08. The molecule has 0 saturated carbocycles. The van der Waals surface area contributed by atoms with Crippen molar-refractivity contribution < 1.29 is 9.59 Å². The van der Waals surface area contributed by atoms with Gasteiger partial charge >= 0.3 is 0 Å². The first-order chi connectivity index (χ1) is 12.5. The Balaban J connectivity index is 1.65. The van der Waals surface area contributed by atoms with Crippen LogP contribution in [0.1, 0.15) is 24.0 Å². The number of thioether (sulfide) groups is 1. The first-order valence-electron chi connectivity index (χ1n) is 8.45. The molecule has 0 bridgehead atoms. The standard InChI is InChI=1S/C20H23IN2O2S/c1-14-7-5-8-15(2)20(14)23-18(24)11-6-12-26-13-19(25)22-17-10-4-3-9-16(17)21/h3-5,7-10H,6,11-13H2,1-2H3,(H,22,25)(H,23,24). The fraction of sp³-hybridized carbons (Fsp3) is 0.300. The van der Waals surface area contributed by atoms with Crippen molar-refractivity contribution in [1.29, 1.82) is 0 Å². The highest BCUT2D eigenvalue weighted by atomic mass is 127. The van der Waals surface area contributed by atoms with Gasteiger partial charge in [0.05, 0.1) is 11.4 Å².